The highest BCUT2D eigenvalue weighted by Gasteiger charge is 2.13. The number of likely N-dealkylation sites (N-methyl/N-ethyl adjacent to an activating group) is 1. The highest BCUT2D eigenvalue weighted by Crippen LogP contribution is 2.19. The van der Waals surface area contributed by atoms with E-state index in [0.717, 1.165) is 30.0 Å². The second-order valence-corrected chi connectivity index (χ2v) is 4.98. The molecule has 2 heterocycles. The fourth-order valence-corrected chi connectivity index (χ4v) is 2.40. The molecule has 102 valence electrons. The summed E-state index contributed by atoms with van der Waals surface area (Å²) in [5.74, 6) is 0. The van der Waals surface area contributed by atoms with E-state index < -0.39 is 0 Å². The zero-order valence-corrected chi connectivity index (χ0v) is 12.1. The number of hydrogen-bond donors (Lipinski definition) is 1. The molecule has 0 bridgehead atoms. The minimum atomic E-state index is 0.292. The predicted octanol–water partition coefficient (Wildman–Crippen LogP) is 2.33. The van der Waals surface area contributed by atoms with Crippen LogP contribution in [0.3, 0.4) is 0 Å². The number of hydrogen-bond acceptors (Lipinski definition) is 3. The summed E-state index contributed by atoms with van der Waals surface area (Å²) < 4.78 is 1.85. The smallest absolute Gasteiger partial charge is 0.0643 e. The van der Waals surface area contributed by atoms with Crippen molar-refractivity contribution in [3.8, 4) is 0 Å². The van der Waals surface area contributed by atoms with Crippen LogP contribution in [0.25, 0.3) is 0 Å². The van der Waals surface area contributed by atoms with E-state index in [9.17, 15) is 0 Å². The molecule has 1 N–H and O–H groups in total. The van der Waals surface area contributed by atoms with Gasteiger partial charge in [0, 0.05) is 37.1 Å². The monoisotopic (exact) mass is 258 g/mol. The summed E-state index contributed by atoms with van der Waals surface area (Å²) in [6.45, 7) is 7.16. The molecule has 0 aliphatic heterocycles. The van der Waals surface area contributed by atoms with E-state index in [4.69, 9.17) is 0 Å². The van der Waals surface area contributed by atoms with Crippen molar-refractivity contribution < 1.29 is 0 Å². The minimum absolute atomic E-state index is 0.292. The molecule has 0 aliphatic carbocycles. The van der Waals surface area contributed by atoms with E-state index in [-0.39, 0.29) is 0 Å². The molecular formula is C15H22N4. The molecule has 4 nitrogen and oxygen atoms in total. The molecule has 0 saturated heterocycles. The van der Waals surface area contributed by atoms with Crippen LogP contribution in [0.15, 0.2) is 24.4 Å². The third-order valence-electron chi connectivity index (χ3n) is 3.14. The summed E-state index contributed by atoms with van der Waals surface area (Å²) >= 11 is 0. The average molecular weight is 258 g/mol. The maximum Gasteiger partial charge on any atom is 0.0643 e. The van der Waals surface area contributed by atoms with Crippen LogP contribution in [0.4, 0.5) is 0 Å². The fraction of sp³-hybridized carbons (Fsp3) is 0.467. The zero-order chi connectivity index (χ0) is 13.8. The quantitative estimate of drug-likeness (QED) is 0.895. The number of nitrogens with zero attached hydrogens (tertiary/aromatic N) is 3. The van der Waals surface area contributed by atoms with Crippen molar-refractivity contribution >= 4 is 0 Å². The minimum Gasteiger partial charge on any atom is -0.310 e. The number of aromatic nitrogens is 3. The summed E-state index contributed by atoms with van der Waals surface area (Å²) in [6.07, 6.45) is 2.89. The van der Waals surface area contributed by atoms with Gasteiger partial charge in [-0.15, -0.1) is 0 Å². The second kappa shape index (κ2) is 5.97. The highest BCUT2D eigenvalue weighted by atomic mass is 15.2. The van der Waals surface area contributed by atoms with Crippen molar-refractivity contribution in [1.82, 2.24) is 20.1 Å². The van der Waals surface area contributed by atoms with Gasteiger partial charge in [-0.1, -0.05) is 6.92 Å². The summed E-state index contributed by atoms with van der Waals surface area (Å²) in [6, 6.07) is 6.68. The Kier molecular flexibility index (Phi) is 4.32. The van der Waals surface area contributed by atoms with Gasteiger partial charge in [0.15, 0.2) is 0 Å². The van der Waals surface area contributed by atoms with Crippen LogP contribution in [0, 0.1) is 13.8 Å². The lowest BCUT2D eigenvalue weighted by molar-refractivity contribution is 0.538. The third kappa shape index (κ3) is 3.64. The maximum atomic E-state index is 4.46. The molecule has 4 heteroatoms. The molecule has 2 aromatic heterocycles. The van der Waals surface area contributed by atoms with Crippen molar-refractivity contribution in [3.05, 3.63) is 47.0 Å². The Morgan fingerprint density at radius 3 is 2.47 bits per heavy atom. The van der Waals surface area contributed by atoms with Crippen LogP contribution in [0.1, 0.15) is 35.6 Å². The van der Waals surface area contributed by atoms with Gasteiger partial charge in [-0.2, -0.15) is 5.10 Å². The molecular weight excluding hydrogens is 236 g/mol. The lowest BCUT2D eigenvalue weighted by Crippen LogP contribution is -2.23. The highest BCUT2D eigenvalue weighted by molar-refractivity contribution is 5.25. The van der Waals surface area contributed by atoms with Crippen molar-refractivity contribution in [2.75, 3.05) is 6.54 Å². The van der Waals surface area contributed by atoms with E-state index in [2.05, 4.69) is 40.5 Å². The largest absolute Gasteiger partial charge is 0.310 e. The Morgan fingerprint density at radius 1 is 1.26 bits per heavy atom. The van der Waals surface area contributed by atoms with E-state index in [1.54, 1.807) is 0 Å². The van der Waals surface area contributed by atoms with Crippen LogP contribution >= 0.6 is 0 Å². The standard InChI is InChI=1S/C15H22N4/c1-5-16-15(10-14-6-7-19(4)18-14)13-8-11(2)17-12(3)9-13/h6-9,15-16H,5,10H2,1-4H3. The van der Waals surface area contributed by atoms with Crippen LogP contribution < -0.4 is 5.32 Å². The van der Waals surface area contributed by atoms with Gasteiger partial charge >= 0.3 is 0 Å². The molecule has 0 aromatic carbocycles. The molecule has 0 radical (unpaired) electrons. The molecule has 0 amide bonds. The SMILES string of the molecule is CCNC(Cc1ccn(C)n1)c1cc(C)nc(C)c1. The Morgan fingerprint density at radius 2 is 1.95 bits per heavy atom. The van der Waals surface area contributed by atoms with Gasteiger partial charge in [0.05, 0.1) is 5.69 Å². The number of aryl methyl sites for hydroxylation is 3. The summed E-state index contributed by atoms with van der Waals surface area (Å²) in [4.78, 5) is 4.44. The Bertz CT molecular complexity index is 525. The van der Waals surface area contributed by atoms with Crippen LogP contribution in [0.2, 0.25) is 0 Å². The first-order valence-electron chi connectivity index (χ1n) is 6.75. The molecule has 0 fully saturated rings. The molecule has 0 aliphatic rings. The molecule has 1 unspecified atom stereocenters. The first-order valence-corrected chi connectivity index (χ1v) is 6.75. The van der Waals surface area contributed by atoms with E-state index in [0.29, 0.717) is 6.04 Å². The third-order valence-corrected chi connectivity index (χ3v) is 3.14. The van der Waals surface area contributed by atoms with Crippen molar-refractivity contribution in [1.29, 1.82) is 0 Å². The van der Waals surface area contributed by atoms with E-state index in [1.807, 2.05) is 31.8 Å². The number of nitrogens with one attached hydrogen (secondary N) is 1. The Hall–Kier alpha value is -1.68. The van der Waals surface area contributed by atoms with Crippen LogP contribution in [-0.2, 0) is 13.5 Å². The average Bonchev–Trinajstić information content (AvgIpc) is 2.73. The molecule has 0 saturated carbocycles. The molecule has 19 heavy (non-hydrogen) atoms. The van der Waals surface area contributed by atoms with Crippen LogP contribution in [0.5, 0.6) is 0 Å². The van der Waals surface area contributed by atoms with Gasteiger partial charge in [-0.25, -0.2) is 0 Å². The summed E-state index contributed by atoms with van der Waals surface area (Å²) in [5.41, 5.74) is 4.54. The normalized spacial score (nSPS) is 12.6. The summed E-state index contributed by atoms with van der Waals surface area (Å²) in [5, 5.41) is 8.00. The van der Waals surface area contributed by atoms with Gasteiger partial charge in [-0.3, -0.25) is 9.67 Å². The first-order chi connectivity index (χ1) is 9.08. The predicted molar refractivity (Wildman–Crippen MR) is 77.0 cm³/mol. The molecule has 1 atom stereocenters. The first kappa shape index (κ1) is 13.7. The van der Waals surface area contributed by atoms with E-state index in [1.165, 1.54) is 5.56 Å². The molecule has 2 rings (SSSR count). The molecule has 2 aromatic rings. The number of rotatable bonds is 5. The van der Waals surface area contributed by atoms with Crippen molar-refractivity contribution in [2.45, 2.75) is 33.2 Å². The topological polar surface area (TPSA) is 42.7 Å². The van der Waals surface area contributed by atoms with Gasteiger partial charge in [0.2, 0.25) is 0 Å². The van der Waals surface area contributed by atoms with Crippen molar-refractivity contribution in [3.63, 3.8) is 0 Å². The van der Waals surface area contributed by atoms with Gasteiger partial charge in [0.1, 0.15) is 0 Å². The van der Waals surface area contributed by atoms with Crippen LogP contribution in [-0.4, -0.2) is 21.3 Å². The zero-order valence-electron chi connectivity index (χ0n) is 12.1. The van der Waals surface area contributed by atoms with Gasteiger partial charge in [-0.05, 0) is 44.2 Å². The Labute approximate surface area is 114 Å². The van der Waals surface area contributed by atoms with E-state index >= 15 is 0 Å². The molecule has 0 spiro atoms. The van der Waals surface area contributed by atoms with Crippen molar-refractivity contribution in [2.24, 2.45) is 7.05 Å². The Balaban J connectivity index is 2.23. The fourth-order valence-electron chi connectivity index (χ4n) is 2.40. The number of pyridine rings is 1. The van der Waals surface area contributed by atoms with Gasteiger partial charge in [0.25, 0.3) is 0 Å². The lowest BCUT2D eigenvalue weighted by atomic mass is 10.0. The van der Waals surface area contributed by atoms with Gasteiger partial charge < -0.3 is 5.32 Å². The second-order valence-electron chi connectivity index (χ2n) is 4.98. The maximum absolute atomic E-state index is 4.46. The lowest BCUT2D eigenvalue weighted by Gasteiger charge is -2.18. The summed E-state index contributed by atoms with van der Waals surface area (Å²) in [7, 11) is 1.95.